The van der Waals surface area contributed by atoms with Crippen LogP contribution in [-0.4, -0.2) is 48.1 Å². The van der Waals surface area contributed by atoms with Crippen LogP contribution in [-0.2, 0) is 0 Å². The van der Waals surface area contributed by atoms with Crippen LogP contribution in [0.15, 0.2) is 0 Å². The van der Waals surface area contributed by atoms with Gasteiger partial charge in [-0.05, 0) is 39.2 Å². The molecule has 14 heavy (non-hydrogen) atoms. The lowest BCUT2D eigenvalue weighted by Crippen LogP contribution is -2.41. The van der Waals surface area contributed by atoms with Gasteiger partial charge in [0.15, 0.2) is 0 Å². The maximum absolute atomic E-state index is 2.66. The Hall–Kier alpha value is -0.0800. The first-order chi connectivity index (χ1) is 6.50. The van der Waals surface area contributed by atoms with E-state index >= 15 is 0 Å². The molecule has 2 rings (SSSR count). The van der Waals surface area contributed by atoms with Crippen LogP contribution < -0.4 is 0 Å². The lowest BCUT2D eigenvalue weighted by Gasteiger charge is -2.33. The van der Waals surface area contributed by atoms with Gasteiger partial charge in [-0.1, -0.05) is 6.92 Å². The van der Waals surface area contributed by atoms with Crippen molar-refractivity contribution < 1.29 is 0 Å². The standard InChI is InChI=1S/C12H24N2/c1-5-13-6-10-8-14(12(2,3)4)9-11(10)7-13/h10-11H,5-9H2,1-4H3/t10-,11+. The van der Waals surface area contributed by atoms with Crippen molar-refractivity contribution >= 4 is 0 Å². The Balaban J connectivity index is 1.94. The Bertz CT molecular complexity index is 193. The fraction of sp³-hybridized carbons (Fsp3) is 1.00. The fourth-order valence-electron chi connectivity index (χ4n) is 2.90. The number of rotatable bonds is 1. The van der Waals surface area contributed by atoms with Crippen LogP contribution in [0.3, 0.4) is 0 Å². The summed E-state index contributed by atoms with van der Waals surface area (Å²) in [7, 11) is 0. The van der Waals surface area contributed by atoms with Gasteiger partial charge in [-0.15, -0.1) is 0 Å². The maximum Gasteiger partial charge on any atom is 0.0125 e. The molecule has 2 heteroatoms. The van der Waals surface area contributed by atoms with E-state index in [9.17, 15) is 0 Å². The van der Waals surface area contributed by atoms with Gasteiger partial charge < -0.3 is 4.90 Å². The van der Waals surface area contributed by atoms with Crippen molar-refractivity contribution in [2.75, 3.05) is 32.7 Å². The van der Waals surface area contributed by atoms with Crippen molar-refractivity contribution in [3.8, 4) is 0 Å². The minimum atomic E-state index is 0.376. The first-order valence-electron chi connectivity index (χ1n) is 5.98. The van der Waals surface area contributed by atoms with Crippen LogP contribution in [0.25, 0.3) is 0 Å². The molecule has 0 radical (unpaired) electrons. The second-order valence-corrected chi connectivity index (χ2v) is 5.95. The average Bonchev–Trinajstić information content (AvgIpc) is 2.56. The maximum atomic E-state index is 2.66. The molecule has 0 aliphatic carbocycles. The number of hydrogen-bond donors (Lipinski definition) is 0. The van der Waals surface area contributed by atoms with Gasteiger partial charge in [-0.2, -0.15) is 0 Å². The molecule has 0 spiro atoms. The molecule has 0 bridgehead atoms. The van der Waals surface area contributed by atoms with Gasteiger partial charge in [0, 0.05) is 31.7 Å². The smallest absolute Gasteiger partial charge is 0.0125 e. The quantitative estimate of drug-likeness (QED) is 0.629. The summed E-state index contributed by atoms with van der Waals surface area (Å²) in [5.41, 5.74) is 0.376. The molecule has 0 N–H and O–H groups in total. The first-order valence-corrected chi connectivity index (χ1v) is 5.98. The lowest BCUT2D eigenvalue weighted by molar-refractivity contribution is 0.150. The molecule has 2 heterocycles. The molecule has 2 fully saturated rings. The Morgan fingerprint density at radius 2 is 1.50 bits per heavy atom. The van der Waals surface area contributed by atoms with Crippen molar-refractivity contribution in [3.63, 3.8) is 0 Å². The Labute approximate surface area is 88.3 Å². The summed E-state index contributed by atoms with van der Waals surface area (Å²) in [5, 5.41) is 0. The molecular formula is C12H24N2. The van der Waals surface area contributed by atoms with Crippen LogP contribution in [0.2, 0.25) is 0 Å². The second kappa shape index (κ2) is 3.49. The van der Waals surface area contributed by atoms with Crippen molar-refractivity contribution in [1.29, 1.82) is 0 Å². The predicted octanol–water partition coefficient (Wildman–Crippen LogP) is 1.67. The third kappa shape index (κ3) is 1.82. The molecule has 0 aromatic rings. The van der Waals surface area contributed by atoms with Gasteiger partial charge in [0.05, 0.1) is 0 Å². The van der Waals surface area contributed by atoms with Crippen LogP contribution in [0.1, 0.15) is 27.7 Å². The lowest BCUT2D eigenvalue weighted by atomic mass is 10.0. The average molecular weight is 196 g/mol. The summed E-state index contributed by atoms with van der Waals surface area (Å²) in [6.45, 7) is 15.9. The Morgan fingerprint density at radius 3 is 1.86 bits per heavy atom. The molecule has 0 aromatic heterocycles. The zero-order valence-corrected chi connectivity index (χ0v) is 10.1. The van der Waals surface area contributed by atoms with E-state index in [1.165, 1.54) is 32.7 Å². The molecule has 2 atom stereocenters. The van der Waals surface area contributed by atoms with E-state index < -0.39 is 0 Å². The summed E-state index contributed by atoms with van der Waals surface area (Å²) in [6, 6.07) is 0. The summed E-state index contributed by atoms with van der Waals surface area (Å²) in [6.07, 6.45) is 0. The zero-order valence-electron chi connectivity index (χ0n) is 10.1. The third-order valence-corrected chi connectivity index (χ3v) is 3.96. The van der Waals surface area contributed by atoms with Gasteiger partial charge in [-0.3, -0.25) is 4.90 Å². The van der Waals surface area contributed by atoms with Crippen LogP contribution in [0.5, 0.6) is 0 Å². The van der Waals surface area contributed by atoms with Crippen molar-refractivity contribution in [2.45, 2.75) is 33.2 Å². The number of likely N-dealkylation sites (tertiary alicyclic amines) is 2. The topological polar surface area (TPSA) is 6.48 Å². The van der Waals surface area contributed by atoms with Gasteiger partial charge in [0.2, 0.25) is 0 Å². The van der Waals surface area contributed by atoms with E-state index in [1.807, 2.05) is 0 Å². The van der Waals surface area contributed by atoms with Crippen LogP contribution in [0, 0.1) is 11.8 Å². The minimum Gasteiger partial charge on any atom is -0.303 e. The summed E-state index contributed by atoms with van der Waals surface area (Å²) in [5.74, 6) is 1.91. The predicted molar refractivity (Wildman–Crippen MR) is 60.4 cm³/mol. The molecule has 2 saturated heterocycles. The van der Waals surface area contributed by atoms with Gasteiger partial charge in [0.1, 0.15) is 0 Å². The highest BCUT2D eigenvalue weighted by molar-refractivity contribution is 4.96. The molecule has 0 amide bonds. The van der Waals surface area contributed by atoms with Crippen LogP contribution in [0.4, 0.5) is 0 Å². The molecule has 0 unspecified atom stereocenters. The normalized spacial score (nSPS) is 35.1. The zero-order chi connectivity index (χ0) is 10.3. The third-order valence-electron chi connectivity index (χ3n) is 3.96. The molecule has 0 aromatic carbocycles. The van der Waals surface area contributed by atoms with E-state index in [0.29, 0.717) is 5.54 Å². The van der Waals surface area contributed by atoms with E-state index in [2.05, 4.69) is 37.5 Å². The van der Waals surface area contributed by atoms with Crippen LogP contribution >= 0.6 is 0 Å². The van der Waals surface area contributed by atoms with Gasteiger partial charge in [-0.25, -0.2) is 0 Å². The molecule has 2 nitrogen and oxygen atoms in total. The Kier molecular flexibility index (Phi) is 2.61. The van der Waals surface area contributed by atoms with E-state index in [4.69, 9.17) is 0 Å². The summed E-state index contributed by atoms with van der Waals surface area (Å²) in [4.78, 5) is 5.27. The fourth-order valence-corrected chi connectivity index (χ4v) is 2.90. The molecule has 2 aliphatic heterocycles. The second-order valence-electron chi connectivity index (χ2n) is 5.95. The highest BCUT2D eigenvalue weighted by atomic mass is 15.3. The number of hydrogen-bond acceptors (Lipinski definition) is 2. The largest absolute Gasteiger partial charge is 0.303 e. The molecule has 2 aliphatic rings. The van der Waals surface area contributed by atoms with Crippen molar-refractivity contribution in [2.24, 2.45) is 11.8 Å². The van der Waals surface area contributed by atoms with E-state index in [1.54, 1.807) is 0 Å². The summed E-state index contributed by atoms with van der Waals surface area (Å²) < 4.78 is 0. The monoisotopic (exact) mass is 196 g/mol. The molecule has 0 saturated carbocycles. The van der Waals surface area contributed by atoms with E-state index in [0.717, 1.165) is 11.8 Å². The highest BCUT2D eigenvalue weighted by Gasteiger charge is 2.42. The number of nitrogens with zero attached hydrogens (tertiary/aromatic N) is 2. The van der Waals surface area contributed by atoms with Crippen molar-refractivity contribution in [3.05, 3.63) is 0 Å². The minimum absolute atomic E-state index is 0.376. The SMILES string of the molecule is CCN1C[C@@H]2CN(C(C)(C)C)C[C@@H]2C1. The first kappa shape index (κ1) is 10.4. The number of fused-ring (bicyclic) bond motifs is 1. The summed E-state index contributed by atoms with van der Waals surface area (Å²) >= 11 is 0. The molecule has 82 valence electrons. The van der Waals surface area contributed by atoms with Crippen molar-refractivity contribution in [1.82, 2.24) is 9.80 Å². The van der Waals surface area contributed by atoms with Gasteiger partial charge >= 0.3 is 0 Å². The van der Waals surface area contributed by atoms with Gasteiger partial charge in [0.25, 0.3) is 0 Å². The molecular weight excluding hydrogens is 172 g/mol. The Morgan fingerprint density at radius 1 is 1.00 bits per heavy atom. The van der Waals surface area contributed by atoms with E-state index in [-0.39, 0.29) is 0 Å². The highest BCUT2D eigenvalue weighted by Crippen LogP contribution is 2.34.